The topological polar surface area (TPSA) is 44.1 Å². The molecule has 124 valence electrons. The summed E-state index contributed by atoms with van der Waals surface area (Å²) in [6, 6.07) is 13.4. The molecule has 0 atom stereocenters. The van der Waals surface area contributed by atoms with E-state index in [1.165, 1.54) is 4.57 Å². The third-order valence-electron chi connectivity index (χ3n) is 3.61. The average Bonchev–Trinajstić information content (AvgIpc) is 2.84. The van der Waals surface area contributed by atoms with E-state index in [1.807, 2.05) is 64.1 Å². The van der Waals surface area contributed by atoms with Gasteiger partial charge in [-0.2, -0.15) is 0 Å². The number of carbonyl (C=O) groups is 1. The van der Waals surface area contributed by atoms with Crippen LogP contribution in [0.5, 0.6) is 0 Å². The SMILES string of the molecule is Cc1ccccc1-c1cc2ccc(Cl)nc2n1C(=O)OC(C)(C)C. The van der Waals surface area contributed by atoms with E-state index in [4.69, 9.17) is 16.3 Å². The van der Waals surface area contributed by atoms with Gasteiger partial charge in [-0.05, 0) is 51.5 Å². The van der Waals surface area contributed by atoms with Crippen molar-refractivity contribution < 1.29 is 9.53 Å². The van der Waals surface area contributed by atoms with Gasteiger partial charge >= 0.3 is 6.09 Å². The molecule has 4 nitrogen and oxygen atoms in total. The van der Waals surface area contributed by atoms with Gasteiger partial charge in [0.25, 0.3) is 0 Å². The molecule has 1 aromatic carbocycles. The van der Waals surface area contributed by atoms with E-state index in [9.17, 15) is 4.79 Å². The van der Waals surface area contributed by atoms with Crippen LogP contribution in [-0.2, 0) is 4.74 Å². The number of fused-ring (bicyclic) bond motifs is 1. The van der Waals surface area contributed by atoms with Crippen molar-refractivity contribution >= 4 is 28.7 Å². The minimum absolute atomic E-state index is 0.335. The van der Waals surface area contributed by atoms with Crippen molar-refractivity contribution in [1.82, 2.24) is 9.55 Å². The first kappa shape index (κ1) is 16.5. The number of pyridine rings is 1. The van der Waals surface area contributed by atoms with Gasteiger partial charge in [0.2, 0.25) is 0 Å². The van der Waals surface area contributed by atoms with Crippen LogP contribution >= 0.6 is 11.6 Å². The molecular weight excluding hydrogens is 324 g/mol. The van der Waals surface area contributed by atoms with Crippen molar-refractivity contribution in [3.63, 3.8) is 0 Å². The molecule has 3 aromatic rings. The number of hydrogen-bond acceptors (Lipinski definition) is 3. The molecule has 2 aromatic heterocycles. The molecular formula is C19H19ClN2O2. The molecule has 0 radical (unpaired) electrons. The molecule has 0 unspecified atom stereocenters. The van der Waals surface area contributed by atoms with Crippen molar-refractivity contribution in [1.29, 1.82) is 0 Å². The highest BCUT2D eigenvalue weighted by molar-refractivity contribution is 6.29. The zero-order chi connectivity index (χ0) is 17.5. The van der Waals surface area contributed by atoms with Gasteiger partial charge in [-0.1, -0.05) is 35.9 Å². The zero-order valence-corrected chi connectivity index (χ0v) is 14.9. The van der Waals surface area contributed by atoms with Gasteiger partial charge in [0, 0.05) is 10.9 Å². The summed E-state index contributed by atoms with van der Waals surface area (Å²) in [5.74, 6) is 0. The Morgan fingerprint density at radius 2 is 1.88 bits per heavy atom. The molecule has 0 saturated carbocycles. The Labute approximate surface area is 146 Å². The van der Waals surface area contributed by atoms with Crippen molar-refractivity contribution in [3.8, 4) is 11.3 Å². The summed E-state index contributed by atoms with van der Waals surface area (Å²) in [5, 5.41) is 1.17. The molecule has 2 heterocycles. The van der Waals surface area contributed by atoms with Crippen LogP contribution in [0, 0.1) is 6.92 Å². The quantitative estimate of drug-likeness (QED) is 0.552. The van der Waals surface area contributed by atoms with Crippen LogP contribution in [0.1, 0.15) is 26.3 Å². The largest absolute Gasteiger partial charge is 0.443 e. The predicted octanol–water partition coefficient (Wildman–Crippen LogP) is 5.45. The molecule has 0 bridgehead atoms. The lowest BCUT2D eigenvalue weighted by molar-refractivity contribution is 0.0546. The van der Waals surface area contributed by atoms with E-state index >= 15 is 0 Å². The monoisotopic (exact) mass is 342 g/mol. The third kappa shape index (κ3) is 3.15. The molecule has 0 saturated heterocycles. The third-order valence-corrected chi connectivity index (χ3v) is 3.82. The van der Waals surface area contributed by atoms with E-state index in [0.717, 1.165) is 22.2 Å². The second-order valence-electron chi connectivity index (χ2n) is 6.71. The second-order valence-corrected chi connectivity index (χ2v) is 7.09. The van der Waals surface area contributed by atoms with Gasteiger partial charge in [0.15, 0.2) is 5.65 Å². The van der Waals surface area contributed by atoms with Gasteiger partial charge in [-0.15, -0.1) is 0 Å². The molecule has 0 N–H and O–H groups in total. The Kier molecular flexibility index (Phi) is 4.10. The van der Waals surface area contributed by atoms with Gasteiger partial charge in [0.1, 0.15) is 10.8 Å². The van der Waals surface area contributed by atoms with E-state index in [1.54, 1.807) is 6.07 Å². The van der Waals surface area contributed by atoms with Gasteiger partial charge in [-0.3, -0.25) is 0 Å². The molecule has 3 rings (SSSR count). The second kappa shape index (κ2) is 5.95. The fourth-order valence-corrected chi connectivity index (χ4v) is 2.75. The summed E-state index contributed by atoms with van der Waals surface area (Å²) in [4.78, 5) is 17.1. The number of hydrogen-bond donors (Lipinski definition) is 0. The standard InChI is InChI=1S/C19H19ClN2O2/c1-12-7-5-6-8-14(12)15-11-13-9-10-16(20)21-17(13)22(15)18(23)24-19(2,3)4/h5-11H,1-4H3. The number of aromatic nitrogens is 2. The molecule has 0 aliphatic rings. The molecule has 0 aliphatic heterocycles. The predicted molar refractivity (Wildman–Crippen MR) is 96.5 cm³/mol. The first-order chi connectivity index (χ1) is 11.3. The lowest BCUT2D eigenvalue weighted by Crippen LogP contribution is -2.27. The van der Waals surface area contributed by atoms with Crippen LogP contribution in [0.25, 0.3) is 22.3 Å². The smallest absolute Gasteiger partial charge is 0.420 e. The van der Waals surface area contributed by atoms with Crippen LogP contribution in [-0.4, -0.2) is 21.2 Å². The fourth-order valence-electron chi connectivity index (χ4n) is 2.60. The summed E-state index contributed by atoms with van der Waals surface area (Å²) < 4.78 is 7.07. The summed E-state index contributed by atoms with van der Waals surface area (Å²) in [7, 11) is 0. The maximum absolute atomic E-state index is 12.8. The molecule has 0 aliphatic carbocycles. The van der Waals surface area contributed by atoms with E-state index in [-0.39, 0.29) is 0 Å². The maximum atomic E-state index is 12.8. The highest BCUT2D eigenvalue weighted by atomic mass is 35.5. The Bertz CT molecular complexity index is 923. The minimum atomic E-state index is -0.602. The number of benzene rings is 1. The van der Waals surface area contributed by atoms with Crippen LogP contribution in [0.3, 0.4) is 0 Å². The Morgan fingerprint density at radius 1 is 1.17 bits per heavy atom. The molecule has 24 heavy (non-hydrogen) atoms. The number of aryl methyl sites for hydroxylation is 1. The Hall–Kier alpha value is -2.33. The van der Waals surface area contributed by atoms with Crippen molar-refractivity contribution in [2.45, 2.75) is 33.3 Å². The number of rotatable bonds is 1. The normalized spacial score (nSPS) is 11.7. The molecule has 5 heteroatoms. The summed E-state index contributed by atoms with van der Waals surface area (Å²) in [6.45, 7) is 7.52. The molecule has 0 amide bonds. The highest BCUT2D eigenvalue weighted by Gasteiger charge is 2.24. The van der Waals surface area contributed by atoms with Crippen LogP contribution < -0.4 is 0 Å². The number of halogens is 1. The van der Waals surface area contributed by atoms with Crippen molar-refractivity contribution in [2.24, 2.45) is 0 Å². The van der Waals surface area contributed by atoms with E-state index in [0.29, 0.717) is 10.8 Å². The first-order valence-electron chi connectivity index (χ1n) is 7.73. The van der Waals surface area contributed by atoms with Gasteiger partial charge in [-0.25, -0.2) is 14.3 Å². The Balaban J connectivity index is 2.27. The summed E-state index contributed by atoms with van der Waals surface area (Å²) >= 11 is 6.04. The van der Waals surface area contributed by atoms with E-state index < -0.39 is 11.7 Å². The number of nitrogens with zero attached hydrogens (tertiary/aromatic N) is 2. The molecule has 0 fully saturated rings. The lowest BCUT2D eigenvalue weighted by atomic mass is 10.1. The molecule has 0 spiro atoms. The van der Waals surface area contributed by atoms with Crippen LogP contribution in [0.4, 0.5) is 4.79 Å². The van der Waals surface area contributed by atoms with Gasteiger partial charge in [0.05, 0.1) is 5.69 Å². The minimum Gasteiger partial charge on any atom is -0.443 e. The summed E-state index contributed by atoms with van der Waals surface area (Å²) in [5.41, 5.74) is 2.66. The van der Waals surface area contributed by atoms with Crippen molar-refractivity contribution in [2.75, 3.05) is 0 Å². The maximum Gasteiger partial charge on any atom is 0.420 e. The van der Waals surface area contributed by atoms with Gasteiger partial charge < -0.3 is 4.74 Å². The number of ether oxygens (including phenoxy) is 1. The average molecular weight is 343 g/mol. The highest BCUT2D eigenvalue weighted by Crippen LogP contribution is 2.31. The number of carbonyl (C=O) groups excluding carboxylic acids is 1. The van der Waals surface area contributed by atoms with E-state index in [2.05, 4.69) is 4.98 Å². The van der Waals surface area contributed by atoms with Crippen molar-refractivity contribution in [3.05, 3.63) is 53.2 Å². The van der Waals surface area contributed by atoms with Crippen LogP contribution in [0.15, 0.2) is 42.5 Å². The van der Waals surface area contributed by atoms with Crippen LogP contribution in [0.2, 0.25) is 5.15 Å². The fraction of sp³-hybridized carbons (Fsp3) is 0.263. The lowest BCUT2D eigenvalue weighted by Gasteiger charge is -2.21. The first-order valence-corrected chi connectivity index (χ1v) is 8.11. The zero-order valence-electron chi connectivity index (χ0n) is 14.1. The summed E-state index contributed by atoms with van der Waals surface area (Å²) in [6.07, 6.45) is -0.467. The Morgan fingerprint density at radius 3 is 2.54 bits per heavy atom.